The van der Waals surface area contributed by atoms with E-state index in [9.17, 15) is 38.4 Å². The van der Waals surface area contributed by atoms with Crippen molar-refractivity contribution in [1.29, 1.82) is 0 Å². The summed E-state index contributed by atoms with van der Waals surface area (Å²) < 4.78 is 19.0. The number of primary amides is 1. The molecule has 0 radical (unpaired) electrons. The molecule has 0 bridgehead atoms. The predicted octanol–water partition coefficient (Wildman–Crippen LogP) is 8.03. The van der Waals surface area contributed by atoms with Crippen LogP contribution in [0.3, 0.4) is 0 Å². The second kappa shape index (κ2) is 58.5. The average molecular weight is 1370 g/mol. The topological polar surface area (TPSA) is 451 Å². The van der Waals surface area contributed by atoms with Gasteiger partial charge in [-0.3, -0.25) is 4.79 Å². The number of aliphatic carboxylic acids is 2. The zero-order valence-corrected chi connectivity index (χ0v) is 58.7. The lowest BCUT2D eigenvalue weighted by atomic mass is 10.1. The maximum Gasteiger partial charge on any atom is 0.408 e. The number of ether oxygens (including phenoxy) is 4. The number of carboxylic acids is 2. The van der Waals surface area contributed by atoms with Gasteiger partial charge in [0.2, 0.25) is 0 Å². The van der Waals surface area contributed by atoms with Crippen LogP contribution in [-0.4, -0.2) is 194 Å². The Bertz CT molecular complexity index is 2120. The lowest BCUT2D eigenvalue weighted by Crippen LogP contribution is -2.41. The molecule has 0 aromatic rings. The molecule has 33 heteroatoms. The number of carbonyl (C=O) groups excluding carboxylic acids is 6. The van der Waals surface area contributed by atoms with Gasteiger partial charge in [0.15, 0.2) is 0 Å². The van der Waals surface area contributed by atoms with Crippen molar-refractivity contribution in [1.82, 2.24) is 26.7 Å². The van der Waals surface area contributed by atoms with Gasteiger partial charge in [-0.05, 0) is 168 Å². The van der Waals surface area contributed by atoms with Crippen LogP contribution in [0, 0.1) is 0 Å². The number of alkyl carbamates (subject to hydrolysis) is 4. The molecule has 6 amide bonds. The molecule has 95 heavy (non-hydrogen) atoms. The van der Waals surface area contributed by atoms with E-state index in [0.717, 1.165) is 0 Å². The van der Waals surface area contributed by atoms with Gasteiger partial charge >= 0.3 is 42.3 Å². The minimum absolute atomic E-state index is 0.0285. The van der Waals surface area contributed by atoms with Crippen molar-refractivity contribution in [2.75, 3.05) is 66.1 Å². The summed E-state index contributed by atoms with van der Waals surface area (Å²) in [6.45, 7) is 43.6. The lowest BCUT2D eigenvalue weighted by molar-refractivity contribution is -0.348. The molecule has 0 aliphatic carbocycles. The van der Waals surface area contributed by atoms with Gasteiger partial charge in [-0.1, -0.05) is 50.6 Å². The second-order valence-electron chi connectivity index (χ2n) is 24.7. The molecule has 554 valence electrons. The first-order chi connectivity index (χ1) is 44.1. The summed E-state index contributed by atoms with van der Waals surface area (Å²) in [7, 11) is 0. The standard InChI is InChI=1S/C14H26N4O5.C13H23NO6.C13H25NO5.C13H23NO5.C9H19NO4/c1-5-8-21-13(20)17-11(10-16-18-12(15)19)7-6-9-22-23-14(2,3)4;1-5-8-18-12(17)14-10(11(15)16)7-6-9-19-20-13(2,3)4;2*1-5-8-17-12(16)14-11(10-15)7-6-9-18-19-13(2,3)4;1-9(2,3)14-13-6-4-5-7(10)8(11)12/h5,10-11H,1,6-9H2,2-4H3,(H,17,20)(H3,15,18,19);5,10H,1,6-9H2,2-4H3,(H,14,17)(H,15,16);5,11,15H,1,6-10H2,2-4H3,(H,14,16);5,10-11H,1,6-9H2,2-4H3,(H,14,16);7H,4-6,10H2,1-3H3,(H,11,12)/b16-10+;;;;. The van der Waals surface area contributed by atoms with Crippen LogP contribution >= 0.6 is 0 Å². The Hall–Kier alpha value is -6.89. The number of carboxylic acid groups (broad SMARTS) is 2. The summed E-state index contributed by atoms with van der Waals surface area (Å²) >= 11 is 0. The molecule has 0 heterocycles. The molecule has 0 spiro atoms. The number of hydrogen-bond donors (Lipinski definition) is 10. The number of nitrogens with zero attached hydrogens (tertiary/aromatic N) is 1. The van der Waals surface area contributed by atoms with E-state index in [0.29, 0.717) is 90.5 Å². The Labute approximate surface area is 560 Å². The van der Waals surface area contributed by atoms with Gasteiger partial charge in [-0.15, -0.1) is 0 Å². The number of amides is 6. The first-order valence-corrected chi connectivity index (χ1v) is 30.7. The quantitative estimate of drug-likeness (QED) is 0.00525. The van der Waals surface area contributed by atoms with E-state index in [1.807, 2.05) is 104 Å². The fourth-order valence-electron chi connectivity index (χ4n) is 5.37. The van der Waals surface area contributed by atoms with Crippen molar-refractivity contribution in [2.45, 2.75) is 226 Å². The third-order valence-electron chi connectivity index (χ3n) is 9.25. The third kappa shape index (κ3) is 81.3. The number of aliphatic hydroxyl groups is 1. The minimum atomic E-state index is -1.13. The van der Waals surface area contributed by atoms with Crippen molar-refractivity contribution in [3.8, 4) is 0 Å². The number of nitrogens with two attached hydrogens (primary N) is 2. The third-order valence-corrected chi connectivity index (χ3v) is 9.25. The van der Waals surface area contributed by atoms with Crippen molar-refractivity contribution in [2.24, 2.45) is 16.6 Å². The predicted molar refractivity (Wildman–Crippen MR) is 352 cm³/mol. The molecule has 0 fully saturated rings. The number of aliphatic hydroxyl groups excluding tert-OH is 1. The fraction of sp³-hybridized carbons (Fsp3) is 0.726. The number of urea groups is 1. The molecule has 5 atom stereocenters. The maximum absolute atomic E-state index is 11.5. The van der Waals surface area contributed by atoms with Crippen LogP contribution < -0.4 is 38.2 Å². The summed E-state index contributed by atoms with van der Waals surface area (Å²) in [6, 6.07) is -4.03. The summed E-state index contributed by atoms with van der Waals surface area (Å²) in [5.74, 6) is -2.11. The largest absolute Gasteiger partial charge is 0.480 e. The first kappa shape index (κ1) is 96.8. The molecule has 0 saturated heterocycles. The second-order valence-corrected chi connectivity index (χ2v) is 24.7. The molecule has 0 aliphatic rings. The summed E-state index contributed by atoms with van der Waals surface area (Å²) in [6.07, 6.45) is 10.2. The normalized spacial score (nSPS) is 12.9. The Morgan fingerprint density at radius 2 is 0.758 bits per heavy atom. The van der Waals surface area contributed by atoms with E-state index < -0.39 is 72.1 Å². The van der Waals surface area contributed by atoms with Gasteiger partial charge in [-0.25, -0.2) is 83.1 Å². The van der Waals surface area contributed by atoms with E-state index in [2.05, 4.69) is 62.8 Å². The number of carbonyl (C=O) groups is 8. The van der Waals surface area contributed by atoms with Crippen molar-refractivity contribution in [3.05, 3.63) is 50.6 Å². The minimum Gasteiger partial charge on any atom is -0.480 e. The van der Waals surface area contributed by atoms with Crippen LogP contribution in [0.25, 0.3) is 0 Å². The summed E-state index contributed by atoms with van der Waals surface area (Å²) in [5.41, 5.74) is 10.4. The Balaban J connectivity index is -0.000000358. The highest BCUT2D eigenvalue weighted by atomic mass is 17.2. The zero-order chi connectivity index (χ0) is 74.0. The van der Waals surface area contributed by atoms with Crippen molar-refractivity contribution in [3.63, 3.8) is 0 Å². The summed E-state index contributed by atoms with van der Waals surface area (Å²) in [4.78, 5) is 138. The van der Waals surface area contributed by atoms with Gasteiger partial charge < -0.3 is 71.8 Å². The molecule has 0 rings (SSSR count). The Morgan fingerprint density at radius 1 is 0.453 bits per heavy atom. The average Bonchev–Trinajstić information content (AvgIpc) is 3.64. The highest BCUT2D eigenvalue weighted by Gasteiger charge is 2.22. The van der Waals surface area contributed by atoms with Crippen LogP contribution in [0.1, 0.15) is 168 Å². The summed E-state index contributed by atoms with van der Waals surface area (Å²) in [5, 5.41) is 40.0. The van der Waals surface area contributed by atoms with E-state index in [1.165, 1.54) is 30.5 Å². The van der Waals surface area contributed by atoms with Gasteiger partial charge in [0.05, 0.1) is 85.8 Å². The molecule has 0 saturated carbocycles. The number of hydrazone groups is 1. The molecular formula is C62H116N8O25. The SMILES string of the molecule is C=CCOC(=O)NC(/C=N/NC(N)=O)CCCOOC(C)(C)C.C=CCOC(=O)NC(C=O)CCCOOC(C)(C)C.C=CCOC(=O)NC(CCCOOC(C)(C)C)C(=O)O.C=CCOC(=O)NC(CO)CCCOOC(C)(C)C.CC(C)(C)OOCCCC(N)C(=O)O. The van der Waals surface area contributed by atoms with Crippen LogP contribution in [-0.2, 0) is 82.2 Å². The highest BCUT2D eigenvalue weighted by molar-refractivity contribution is 5.80. The van der Waals surface area contributed by atoms with E-state index in [1.54, 1.807) is 0 Å². The lowest BCUT2D eigenvalue weighted by Gasteiger charge is -2.18. The van der Waals surface area contributed by atoms with Gasteiger partial charge in [0, 0.05) is 6.21 Å². The van der Waals surface area contributed by atoms with Crippen LogP contribution in [0.4, 0.5) is 24.0 Å². The monoisotopic (exact) mass is 1370 g/mol. The van der Waals surface area contributed by atoms with Gasteiger partial charge in [0.1, 0.15) is 44.8 Å². The number of nitrogens with one attached hydrogen (secondary N) is 5. The number of aldehydes is 1. The highest BCUT2D eigenvalue weighted by Crippen LogP contribution is 2.12. The first-order valence-electron chi connectivity index (χ1n) is 30.7. The Morgan fingerprint density at radius 3 is 1.06 bits per heavy atom. The fourth-order valence-corrected chi connectivity index (χ4v) is 5.37. The molecular weight excluding hydrogens is 1260 g/mol. The van der Waals surface area contributed by atoms with E-state index >= 15 is 0 Å². The maximum atomic E-state index is 11.5. The Kier molecular flexibility index (Phi) is 59.6. The smallest absolute Gasteiger partial charge is 0.408 e. The van der Waals surface area contributed by atoms with Crippen LogP contribution in [0.2, 0.25) is 0 Å². The van der Waals surface area contributed by atoms with Gasteiger partial charge in [0.25, 0.3) is 0 Å². The number of rotatable bonds is 43. The van der Waals surface area contributed by atoms with E-state index in [4.69, 9.17) is 89.9 Å². The van der Waals surface area contributed by atoms with Crippen molar-refractivity contribution < 1.29 is 121 Å². The molecule has 0 aromatic carbocycles. The van der Waals surface area contributed by atoms with Crippen LogP contribution in [0.5, 0.6) is 0 Å². The van der Waals surface area contributed by atoms with Gasteiger partial charge in [-0.2, -0.15) is 5.10 Å². The van der Waals surface area contributed by atoms with Crippen molar-refractivity contribution >= 4 is 54.8 Å². The molecule has 12 N–H and O–H groups in total. The van der Waals surface area contributed by atoms with E-state index in [-0.39, 0.29) is 74.5 Å². The molecule has 0 aliphatic heterocycles. The van der Waals surface area contributed by atoms with Crippen LogP contribution in [0.15, 0.2) is 55.7 Å². The zero-order valence-electron chi connectivity index (χ0n) is 58.7. The molecule has 33 nitrogen and oxygen atoms in total. The molecule has 5 unspecified atom stereocenters. The molecule has 0 aromatic heterocycles. The number of hydrogen-bond acceptors (Lipinski definition) is 25.